The van der Waals surface area contributed by atoms with Gasteiger partial charge in [-0.25, -0.2) is 9.78 Å². The molecule has 0 atom stereocenters. The van der Waals surface area contributed by atoms with E-state index in [9.17, 15) is 4.79 Å². The number of hydrogen-bond acceptors (Lipinski definition) is 6. The summed E-state index contributed by atoms with van der Waals surface area (Å²) in [4.78, 5) is 18.8. The molecular weight excluding hydrogens is 338 g/mol. The lowest BCUT2D eigenvalue weighted by Gasteiger charge is -2.29. The molecule has 0 fully saturated rings. The van der Waals surface area contributed by atoms with Gasteiger partial charge >= 0.3 is 6.03 Å². The molecule has 9 heteroatoms. The maximum Gasteiger partial charge on any atom is 0.322 e. The van der Waals surface area contributed by atoms with Crippen LogP contribution in [0.4, 0.5) is 10.5 Å². The molecule has 25 heavy (non-hydrogen) atoms. The Morgan fingerprint density at radius 2 is 2.24 bits per heavy atom. The molecule has 4 aromatic rings. The molecule has 0 radical (unpaired) electrons. The van der Waals surface area contributed by atoms with Crippen LogP contribution in [-0.2, 0) is 13.0 Å². The topological polar surface area (TPSA) is 99.7 Å². The van der Waals surface area contributed by atoms with Gasteiger partial charge in [-0.3, -0.25) is 5.10 Å². The smallest absolute Gasteiger partial charge is 0.320 e. The minimum atomic E-state index is -0.140. The van der Waals surface area contributed by atoms with Crippen molar-refractivity contribution in [3.8, 4) is 0 Å². The summed E-state index contributed by atoms with van der Waals surface area (Å²) in [6.07, 6.45) is 4.40. The zero-order chi connectivity index (χ0) is 16.8. The first kappa shape index (κ1) is 14.3. The minimum absolute atomic E-state index is 0.140. The largest absolute Gasteiger partial charge is 0.322 e. The summed E-state index contributed by atoms with van der Waals surface area (Å²) in [5.74, 6) is 0. The molecule has 0 unspecified atom stereocenters. The molecule has 124 valence electrons. The van der Waals surface area contributed by atoms with Crippen LogP contribution < -0.4 is 5.32 Å². The molecule has 2 N–H and O–H groups in total. The maximum absolute atomic E-state index is 12.7. The van der Waals surface area contributed by atoms with E-state index < -0.39 is 0 Å². The van der Waals surface area contributed by atoms with Crippen molar-refractivity contribution in [2.24, 2.45) is 0 Å². The number of carbonyl (C=O) groups is 1. The first-order chi connectivity index (χ1) is 12.3. The van der Waals surface area contributed by atoms with Gasteiger partial charge in [0.15, 0.2) is 5.65 Å². The Balaban J connectivity index is 1.41. The SMILES string of the molecule is O=C(Nc1cccc2nsnc12)N1CCc2c(cnc3[nH]ncc23)C1. The molecule has 0 aliphatic carbocycles. The number of urea groups is 1. The van der Waals surface area contributed by atoms with Gasteiger partial charge in [0, 0.05) is 24.7 Å². The van der Waals surface area contributed by atoms with Crippen molar-refractivity contribution in [3.05, 3.63) is 41.7 Å². The Labute approximate surface area is 146 Å². The fourth-order valence-electron chi connectivity index (χ4n) is 3.23. The first-order valence-electron chi connectivity index (χ1n) is 7.86. The maximum atomic E-state index is 12.7. The number of aromatic nitrogens is 5. The highest BCUT2D eigenvalue weighted by Gasteiger charge is 2.23. The highest BCUT2D eigenvalue weighted by atomic mass is 32.1. The van der Waals surface area contributed by atoms with E-state index in [4.69, 9.17) is 0 Å². The van der Waals surface area contributed by atoms with Crippen LogP contribution in [0.3, 0.4) is 0 Å². The molecule has 1 aromatic carbocycles. The third-order valence-corrected chi connectivity index (χ3v) is 5.03. The number of aromatic amines is 1. The molecule has 3 aromatic heterocycles. The average Bonchev–Trinajstić information content (AvgIpc) is 3.30. The van der Waals surface area contributed by atoms with Gasteiger partial charge in [0.05, 0.1) is 23.6 Å². The predicted molar refractivity (Wildman–Crippen MR) is 94.4 cm³/mol. The molecule has 1 aliphatic rings. The summed E-state index contributed by atoms with van der Waals surface area (Å²) in [6.45, 7) is 1.18. The lowest BCUT2D eigenvalue weighted by atomic mass is 9.99. The van der Waals surface area contributed by atoms with Crippen LogP contribution in [0.15, 0.2) is 30.6 Å². The zero-order valence-electron chi connectivity index (χ0n) is 13.1. The van der Waals surface area contributed by atoms with E-state index in [1.165, 1.54) is 5.56 Å². The van der Waals surface area contributed by atoms with E-state index in [0.29, 0.717) is 18.8 Å². The second-order valence-corrected chi connectivity index (χ2v) is 6.46. The Kier molecular flexibility index (Phi) is 3.14. The monoisotopic (exact) mass is 351 g/mol. The molecule has 4 heterocycles. The van der Waals surface area contributed by atoms with Gasteiger partial charge < -0.3 is 10.2 Å². The molecule has 0 saturated heterocycles. The first-order valence-corrected chi connectivity index (χ1v) is 8.59. The predicted octanol–water partition coefficient (Wildman–Crippen LogP) is 2.55. The van der Waals surface area contributed by atoms with Crippen molar-refractivity contribution in [3.63, 3.8) is 0 Å². The second kappa shape index (κ2) is 5.49. The standard InChI is InChI=1S/C16H13N7OS/c24-16(19-12-2-1-3-13-14(12)22-25-21-13)23-5-4-10-9(8-23)6-17-15-11(10)7-18-20-15/h1-3,6-7H,4-5,8H2,(H,19,24)(H,17,18,20). The van der Waals surface area contributed by atoms with Crippen molar-refractivity contribution in [1.82, 2.24) is 28.8 Å². The number of benzene rings is 1. The Hall–Kier alpha value is -3.07. The van der Waals surface area contributed by atoms with Gasteiger partial charge in [-0.2, -0.15) is 13.8 Å². The van der Waals surface area contributed by atoms with Gasteiger partial charge in [0.25, 0.3) is 0 Å². The van der Waals surface area contributed by atoms with Crippen molar-refractivity contribution < 1.29 is 4.79 Å². The zero-order valence-corrected chi connectivity index (χ0v) is 13.9. The van der Waals surface area contributed by atoms with Crippen LogP contribution in [0.25, 0.3) is 22.1 Å². The Morgan fingerprint density at radius 3 is 3.20 bits per heavy atom. The summed E-state index contributed by atoms with van der Waals surface area (Å²) >= 11 is 1.14. The number of rotatable bonds is 1. The van der Waals surface area contributed by atoms with Crippen molar-refractivity contribution in [2.75, 3.05) is 11.9 Å². The quantitative estimate of drug-likeness (QED) is 0.549. The molecule has 5 rings (SSSR count). The average molecular weight is 351 g/mol. The van der Waals surface area contributed by atoms with E-state index in [-0.39, 0.29) is 6.03 Å². The summed E-state index contributed by atoms with van der Waals surface area (Å²) in [5, 5.41) is 10.9. The summed E-state index contributed by atoms with van der Waals surface area (Å²) in [7, 11) is 0. The van der Waals surface area contributed by atoms with Crippen LogP contribution in [0.2, 0.25) is 0 Å². The van der Waals surface area contributed by atoms with Gasteiger partial charge in [0.1, 0.15) is 11.0 Å². The van der Waals surface area contributed by atoms with Crippen LogP contribution in [0.5, 0.6) is 0 Å². The fourth-order valence-corrected chi connectivity index (χ4v) is 3.78. The van der Waals surface area contributed by atoms with Crippen molar-refractivity contribution in [1.29, 1.82) is 0 Å². The van der Waals surface area contributed by atoms with E-state index in [2.05, 4.69) is 29.2 Å². The highest BCUT2D eigenvalue weighted by Crippen LogP contribution is 2.26. The lowest BCUT2D eigenvalue weighted by molar-refractivity contribution is 0.206. The van der Waals surface area contributed by atoms with E-state index in [0.717, 1.165) is 45.8 Å². The molecular formula is C16H13N7OS. The Bertz CT molecular complexity index is 1100. The molecule has 0 saturated carbocycles. The normalized spacial score (nSPS) is 14.0. The fraction of sp³-hybridized carbons (Fsp3) is 0.188. The number of anilines is 1. The van der Waals surface area contributed by atoms with Crippen LogP contribution in [-0.4, -0.2) is 41.4 Å². The number of nitrogens with zero attached hydrogens (tertiary/aromatic N) is 5. The van der Waals surface area contributed by atoms with Gasteiger partial charge in [-0.05, 0) is 29.7 Å². The van der Waals surface area contributed by atoms with E-state index >= 15 is 0 Å². The highest BCUT2D eigenvalue weighted by molar-refractivity contribution is 7.00. The van der Waals surface area contributed by atoms with E-state index in [1.807, 2.05) is 24.4 Å². The van der Waals surface area contributed by atoms with Gasteiger partial charge in [0.2, 0.25) is 0 Å². The van der Waals surface area contributed by atoms with Crippen LogP contribution >= 0.6 is 11.7 Å². The number of amides is 2. The van der Waals surface area contributed by atoms with Crippen LogP contribution in [0, 0.1) is 0 Å². The van der Waals surface area contributed by atoms with E-state index in [1.54, 1.807) is 11.1 Å². The molecule has 8 nitrogen and oxygen atoms in total. The van der Waals surface area contributed by atoms with Gasteiger partial charge in [-0.15, -0.1) is 0 Å². The third kappa shape index (κ3) is 2.31. The minimum Gasteiger partial charge on any atom is -0.320 e. The number of H-pyrrole nitrogens is 1. The Morgan fingerprint density at radius 1 is 1.28 bits per heavy atom. The number of carbonyl (C=O) groups excluding carboxylic acids is 1. The molecule has 0 spiro atoms. The number of hydrogen-bond donors (Lipinski definition) is 2. The third-order valence-electron chi connectivity index (χ3n) is 4.49. The number of fused-ring (bicyclic) bond motifs is 4. The summed E-state index contributed by atoms with van der Waals surface area (Å²) < 4.78 is 8.46. The lowest BCUT2D eigenvalue weighted by Crippen LogP contribution is -2.39. The van der Waals surface area contributed by atoms with Gasteiger partial charge in [-0.1, -0.05) is 6.07 Å². The summed E-state index contributed by atoms with van der Waals surface area (Å²) in [6, 6.07) is 5.45. The second-order valence-electron chi connectivity index (χ2n) is 5.93. The number of pyridine rings is 1. The molecule has 1 aliphatic heterocycles. The van der Waals surface area contributed by atoms with Crippen LogP contribution in [0.1, 0.15) is 11.1 Å². The number of nitrogens with one attached hydrogen (secondary N) is 2. The van der Waals surface area contributed by atoms with Crippen molar-refractivity contribution in [2.45, 2.75) is 13.0 Å². The van der Waals surface area contributed by atoms with Crippen molar-refractivity contribution >= 4 is 45.5 Å². The molecule has 2 amide bonds. The molecule has 0 bridgehead atoms. The summed E-state index contributed by atoms with van der Waals surface area (Å²) in [5.41, 5.74) is 5.26.